The zero-order chi connectivity index (χ0) is 23.4. The van der Waals surface area contributed by atoms with E-state index in [1.54, 1.807) is 17.0 Å². The molecule has 170 valence electrons. The third-order valence-corrected chi connectivity index (χ3v) is 6.26. The molecule has 2 heterocycles. The highest BCUT2D eigenvalue weighted by molar-refractivity contribution is 5.93. The summed E-state index contributed by atoms with van der Waals surface area (Å²) in [6, 6.07) is 21.1. The number of likely N-dealkylation sites (N-methyl/N-ethyl adjacent to an activating group) is 1. The summed E-state index contributed by atoms with van der Waals surface area (Å²) < 4.78 is 0. The van der Waals surface area contributed by atoms with E-state index >= 15 is 0 Å². The van der Waals surface area contributed by atoms with Gasteiger partial charge in [0.25, 0.3) is 5.91 Å². The Morgan fingerprint density at radius 2 is 1.73 bits per heavy atom. The Morgan fingerprint density at radius 3 is 2.45 bits per heavy atom. The summed E-state index contributed by atoms with van der Waals surface area (Å²) in [6.45, 7) is 5.85. The van der Waals surface area contributed by atoms with Crippen LogP contribution in [0.15, 0.2) is 71.5 Å². The van der Waals surface area contributed by atoms with Crippen LogP contribution in [0.4, 0.5) is 0 Å². The number of carbonyl (C=O) groups is 2. The van der Waals surface area contributed by atoms with Gasteiger partial charge in [0.1, 0.15) is 5.69 Å². The molecule has 3 aromatic rings. The molecule has 33 heavy (non-hydrogen) atoms. The minimum atomic E-state index is -0.363. The lowest BCUT2D eigenvalue weighted by Gasteiger charge is -2.24. The fourth-order valence-electron chi connectivity index (χ4n) is 4.42. The molecule has 1 aromatic heterocycles. The summed E-state index contributed by atoms with van der Waals surface area (Å²) in [5.41, 5.74) is 4.42. The van der Waals surface area contributed by atoms with Crippen molar-refractivity contribution in [3.63, 3.8) is 0 Å². The van der Waals surface area contributed by atoms with E-state index in [1.165, 1.54) is 11.6 Å². The van der Waals surface area contributed by atoms with Crippen LogP contribution < -0.4 is 5.56 Å². The molecule has 0 spiro atoms. The molecule has 1 aliphatic heterocycles. The Labute approximate surface area is 193 Å². The van der Waals surface area contributed by atoms with Crippen molar-refractivity contribution in [3.05, 3.63) is 93.9 Å². The Kier molecular flexibility index (Phi) is 6.73. The number of nitrogens with one attached hydrogen (secondary N) is 1. The van der Waals surface area contributed by atoms with Crippen molar-refractivity contribution in [1.29, 1.82) is 0 Å². The molecule has 2 amide bonds. The van der Waals surface area contributed by atoms with Crippen LogP contribution in [0.25, 0.3) is 11.1 Å². The highest BCUT2D eigenvalue weighted by Crippen LogP contribution is 2.27. The van der Waals surface area contributed by atoms with Gasteiger partial charge >= 0.3 is 0 Å². The Balaban J connectivity index is 1.64. The average Bonchev–Trinajstić information content (AvgIpc) is 2.98. The van der Waals surface area contributed by atoms with Gasteiger partial charge in [-0.15, -0.1) is 0 Å². The van der Waals surface area contributed by atoms with Crippen LogP contribution in [0.3, 0.4) is 0 Å². The molecule has 0 radical (unpaired) electrons. The van der Waals surface area contributed by atoms with E-state index in [0.717, 1.165) is 16.7 Å². The van der Waals surface area contributed by atoms with Gasteiger partial charge in [0.15, 0.2) is 0 Å². The molecule has 6 heteroatoms. The van der Waals surface area contributed by atoms with Gasteiger partial charge in [-0.05, 0) is 43.0 Å². The summed E-state index contributed by atoms with van der Waals surface area (Å²) in [5, 5.41) is 0. The van der Waals surface area contributed by atoms with E-state index in [0.29, 0.717) is 32.6 Å². The highest BCUT2D eigenvalue weighted by Gasteiger charge is 2.32. The van der Waals surface area contributed by atoms with Crippen molar-refractivity contribution in [2.75, 3.05) is 26.2 Å². The van der Waals surface area contributed by atoms with Crippen LogP contribution in [0.5, 0.6) is 0 Å². The number of rotatable bonds is 5. The van der Waals surface area contributed by atoms with Crippen LogP contribution in [-0.2, 0) is 11.2 Å². The predicted molar refractivity (Wildman–Crippen MR) is 129 cm³/mol. The first kappa shape index (κ1) is 22.5. The smallest absolute Gasteiger partial charge is 0.270 e. The standard InChI is InChI=1S/C27H29N3O3/c1-3-29-15-16-30(27(33)24-9-6-10-25(31)28-24)18-22(26(29)32)17-21-7-4-5-8-23(21)20-13-11-19(2)12-14-20/h4-14,22H,3,15-18H2,1-2H3,(H,28,31)/t22-/m0/s1. The van der Waals surface area contributed by atoms with Crippen LogP contribution >= 0.6 is 0 Å². The number of hydrogen-bond acceptors (Lipinski definition) is 3. The number of pyridine rings is 1. The summed E-state index contributed by atoms with van der Waals surface area (Å²) in [6.07, 6.45) is 0.536. The molecular weight excluding hydrogens is 414 g/mol. The molecule has 0 bridgehead atoms. The second-order valence-corrected chi connectivity index (χ2v) is 8.52. The average molecular weight is 444 g/mol. The number of nitrogens with zero attached hydrogens (tertiary/aromatic N) is 2. The normalized spacial score (nSPS) is 16.5. The highest BCUT2D eigenvalue weighted by atomic mass is 16.2. The first-order valence-electron chi connectivity index (χ1n) is 11.4. The van der Waals surface area contributed by atoms with Gasteiger partial charge in [-0.3, -0.25) is 14.4 Å². The fourth-order valence-corrected chi connectivity index (χ4v) is 4.42. The number of H-pyrrole nitrogens is 1. The van der Waals surface area contributed by atoms with Gasteiger partial charge < -0.3 is 14.8 Å². The van der Waals surface area contributed by atoms with Crippen LogP contribution in [0.1, 0.15) is 28.5 Å². The summed E-state index contributed by atoms with van der Waals surface area (Å²) in [4.78, 5) is 44.3. The second-order valence-electron chi connectivity index (χ2n) is 8.52. The molecule has 1 atom stereocenters. The molecule has 0 aliphatic carbocycles. The van der Waals surface area contributed by atoms with Gasteiger partial charge in [-0.1, -0.05) is 60.2 Å². The number of aryl methyl sites for hydroxylation is 1. The van der Waals surface area contributed by atoms with Crippen LogP contribution in [0, 0.1) is 12.8 Å². The van der Waals surface area contributed by atoms with Gasteiger partial charge in [-0.2, -0.15) is 0 Å². The van der Waals surface area contributed by atoms with Gasteiger partial charge in [0, 0.05) is 32.2 Å². The van der Waals surface area contributed by atoms with E-state index in [2.05, 4.69) is 48.3 Å². The van der Waals surface area contributed by atoms with Gasteiger partial charge in [0.05, 0.1) is 5.92 Å². The zero-order valence-corrected chi connectivity index (χ0v) is 19.1. The Hall–Kier alpha value is -3.67. The fraction of sp³-hybridized carbons (Fsp3) is 0.296. The summed E-state index contributed by atoms with van der Waals surface area (Å²) >= 11 is 0. The van der Waals surface area contributed by atoms with E-state index in [-0.39, 0.29) is 29.0 Å². The Bertz CT molecular complexity index is 1200. The first-order valence-corrected chi connectivity index (χ1v) is 11.4. The van der Waals surface area contributed by atoms with Crippen molar-refractivity contribution < 1.29 is 9.59 Å². The predicted octanol–water partition coefficient (Wildman–Crippen LogP) is 3.51. The third kappa shape index (κ3) is 5.06. The quantitative estimate of drug-likeness (QED) is 0.656. The molecule has 4 rings (SSSR count). The maximum Gasteiger partial charge on any atom is 0.270 e. The third-order valence-electron chi connectivity index (χ3n) is 6.26. The SMILES string of the molecule is CCN1CCN(C(=O)c2cccc(=O)[nH]2)C[C@H](Cc2ccccc2-c2ccc(C)cc2)C1=O. The molecule has 0 saturated carbocycles. The molecule has 1 saturated heterocycles. The van der Waals surface area contributed by atoms with Gasteiger partial charge in [-0.25, -0.2) is 0 Å². The van der Waals surface area contributed by atoms with Crippen molar-refractivity contribution in [2.45, 2.75) is 20.3 Å². The van der Waals surface area contributed by atoms with Crippen molar-refractivity contribution >= 4 is 11.8 Å². The van der Waals surface area contributed by atoms with Gasteiger partial charge in [0.2, 0.25) is 11.5 Å². The molecule has 6 nitrogen and oxygen atoms in total. The Morgan fingerprint density at radius 1 is 0.970 bits per heavy atom. The topological polar surface area (TPSA) is 73.5 Å². The van der Waals surface area contributed by atoms with Crippen molar-refractivity contribution in [2.24, 2.45) is 5.92 Å². The number of benzene rings is 2. The number of aromatic amines is 1. The van der Waals surface area contributed by atoms with E-state index in [4.69, 9.17) is 0 Å². The first-order chi connectivity index (χ1) is 16.0. The molecule has 0 unspecified atom stereocenters. The zero-order valence-electron chi connectivity index (χ0n) is 19.1. The largest absolute Gasteiger partial charge is 0.341 e. The maximum absolute atomic E-state index is 13.4. The minimum absolute atomic E-state index is 0.0630. The summed E-state index contributed by atoms with van der Waals surface area (Å²) in [7, 11) is 0. The van der Waals surface area contributed by atoms with E-state index in [1.807, 2.05) is 24.0 Å². The maximum atomic E-state index is 13.4. The molecular formula is C27H29N3O3. The lowest BCUT2D eigenvalue weighted by molar-refractivity contribution is -0.134. The monoisotopic (exact) mass is 443 g/mol. The minimum Gasteiger partial charge on any atom is -0.341 e. The number of carbonyl (C=O) groups excluding carboxylic acids is 2. The molecule has 1 aliphatic rings. The lowest BCUT2D eigenvalue weighted by atomic mass is 9.91. The van der Waals surface area contributed by atoms with Crippen molar-refractivity contribution in [3.8, 4) is 11.1 Å². The van der Waals surface area contributed by atoms with Crippen LogP contribution in [-0.4, -0.2) is 52.8 Å². The summed E-state index contributed by atoms with van der Waals surface area (Å²) in [5.74, 6) is -0.554. The number of amides is 2. The lowest BCUT2D eigenvalue weighted by Crippen LogP contribution is -2.38. The van der Waals surface area contributed by atoms with Crippen LogP contribution in [0.2, 0.25) is 0 Å². The molecule has 1 N–H and O–H groups in total. The van der Waals surface area contributed by atoms with E-state index < -0.39 is 0 Å². The number of aromatic nitrogens is 1. The molecule has 2 aromatic carbocycles. The second kappa shape index (κ2) is 9.86. The molecule has 1 fully saturated rings. The van der Waals surface area contributed by atoms with E-state index in [9.17, 15) is 14.4 Å². The van der Waals surface area contributed by atoms with Crippen molar-refractivity contribution in [1.82, 2.24) is 14.8 Å². The number of hydrogen-bond donors (Lipinski definition) is 1.